The van der Waals surface area contributed by atoms with Crippen molar-refractivity contribution in [3.63, 3.8) is 0 Å². The fourth-order valence-electron chi connectivity index (χ4n) is 1.72. The van der Waals surface area contributed by atoms with E-state index in [0.29, 0.717) is 13.0 Å². The summed E-state index contributed by atoms with van der Waals surface area (Å²) in [6.45, 7) is 0.389. The van der Waals surface area contributed by atoms with Gasteiger partial charge in [0.05, 0.1) is 17.4 Å². The Bertz CT molecular complexity index is 575. The molecule has 0 unspecified atom stereocenters. The molecule has 0 radical (unpaired) electrons. The predicted octanol–water partition coefficient (Wildman–Crippen LogP) is 1.95. The topological polar surface area (TPSA) is 79.5 Å². The fraction of sp³-hybridized carbons (Fsp3) is 0.143. The molecule has 0 saturated carbocycles. The minimum absolute atomic E-state index is 0.00185. The smallest absolute Gasteiger partial charge is 0.336 e. The second-order valence-electron chi connectivity index (χ2n) is 3.94. The van der Waals surface area contributed by atoms with Crippen LogP contribution in [-0.2, 0) is 6.42 Å². The number of furan rings is 1. The molecule has 0 spiro atoms. The molecule has 98 valence electrons. The van der Waals surface area contributed by atoms with Gasteiger partial charge in [0.25, 0.3) is 5.91 Å². The van der Waals surface area contributed by atoms with Crippen LogP contribution in [0.3, 0.4) is 0 Å². The number of nitrogens with one attached hydrogen (secondary N) is 1. The number of rotatable bonds is 5. The molecule has 0 atom stereocenters. The zero-order valence-corrected chi connectivity index (χ0v) is 10.1. The summed E-state index contributed by atoms with van der Waals surface area (Å²) in [5, 5.41) is 11.7. The van der Waals surface area contributed by atoms with Gasteiger partial charge in [0, 0.05) is 13.0 Å². The average Bonchev–Trinajstić information content (AvgIpc) is 2.91. The Kier molecular flexibility index (Phi) is 3.97. The van der Waals surface area contributed by atoms with Crippen molar-refractivity contribution in [1.82, 2.24) is 5.32 Å². The van der Waals surface area contributed by atoms with Crippen LogP contribution < -0.4 is 5.32 Å². The molecule has 1 heterocycles. The van der Waals surface area contributed by atoms with Gasteiger partial charge in [-0.2, -0.15) is 0 Å². The van der Waals surface area contributed by atoms with E-state index >= 15 is 0 Å². The number of carbonyl (C=O) groups excluding carboxylic acids is 1. The third-order valence-electron chi connectivity index (χ3n) is 2.64. The maximum absolute atomic E-state index is 11.9. The molecule has 2 rings (SSSR count). The molecule has 2 aromatic rings. The summed E-state index contributed by atoms with van der Waals surface area (Å²) in [6, 6.07) is 9.71. The molecule has 5 nitrogen and oxygen atoms in total. The van der Waals surface area contributed by atoms with E-state index in [1.165, 1.54) is 12.1 Å². The molecule has 2 N–H and O–H groups in total. The molecule has 0 aliphatic carbocycles. The number of aromatic carboxylic acids is 1. The zero-order chi connectivity index (χ0) is 13.7. The third kappa shape index (κ3) is 3.22. The van der Waals surface area contributed by atoms with Crippen LogP contribution in [0.1, 0.15) is 26.5 Å². The van der Waals surface area contributed by atoms with Crippen LogP contribution in [0.2, 0.25) is 0 Å². The lowest BCUT2D eigenvalue weighted by atomic mass is 10.1. The monoisotopic (exact) mass is 259 g/mol. The first-order valence-corrected chi connectivity index (χ1v) is 5.81. The summed E-state index contributed by atoms with van der Waals surface area (Å²) >= 11 is 0. The van der Waals surface area contributed by atoms with Crippen LogP contribution in [0.4, 0.5) is 0 Å². The van der Waals surface area contributed by atoms with E-state index in [-0.39, 0.29) is 11.1 Å². The SMILES string of the molecule is O=C(O)c1ccccc1C(=O)NCCc1ccco1. The number of hydrogen-bond donors (Lipinski definition) is 2. The Morgan fingerprint density at radius 3 is 2.47 bits per heavy atom. The summed E-state index contributed by atoms with van der Waals surface area (Å²) in [5.74, 6) is -0.742. The molecule has 1 amide bonds. The molecule has 0 aliphatic heterocycles. The van der Waals surface area contributed by atoms with Crippen LogP contribution in [0.5, 0.6) is 0 Å². The number of carboxylic acid groups (broad SMARTS) is 1. The van der Waals surface area contributed by atoms with Gasteiger partial charge in [-0.1, -0.05) is 12.1 Å². The van der Waals surface area contributed by atoms with Gasteiger partial charge in [-0.15, -0.1) is 0 Å². The molecule has 0 aliphatic rings. The molecule has 0 bridgehead atoms. The van der Waals surface area contributed by atoms with Crippen molar-refractivity contribution in [1.29, 1.82) is 0 Å². The van der Waals surface area contributed by atoms with Gasteiger partial charge in [-0.3, -0.25) is 4.79 Å². The van der Waals surface area contributed by atoms with E-state index in [9.17, 15) is 9.59 Å². The molecule has 1 aromatic carbocycles. The van der Waals surface area contributed by atoms with Gasteiger partial charge < -0.3 is 14.8 Å². The molecule has 5 heteroatoms. The van der Waals surface area contributed by atoms with Crippen LogP contribution >= 0.6 is 0 Å². The first-order valence-electron chi connectivity index (χ1n) is 5.81. The summed E-state index contributed by atoms with van der Waals surface area (Å²) in [7, 11) is 0. The van der Waals surface area contributed by atoms with Crippen molar-refractivity contribution >= 4 is 11.9 Å². The number of carbonyl (C=O) groups is 2. The van der Waals surface area contributed by atoms with Gasteiger partial charge >= 0.3 is 5.97 Å². The summed E-state index contributed by atoms with van der Waals surface area (Å²) in [5.41, 5.74) is 0.160. The fourth-order valence-corrected chi connectivity index (χ4v) is 1.72. The second-order valence-corrected chi connectivity index (χ2v) is 3.94. The minimum Gasteiger partial charge on any atom is -0.478 e. The van der Waals surface area contributed by atoms with Gasteiger partial charge in [0.1, 0.15) is 5.76 Å². The highest BCUT2D eigenvalue weighted by Gasteiger charge is 2.15. The molecule has 0 fully saturated rings. The highest BCUT2D eigenvalue weighted by molar-refractivity contribution is 6.04. The highest BCUT2D eigenvalue weighted by atomic mass is 16.4. The average molecular weight is 259 g/mol. The number of amides is 1. The van der Waals surface area contributed by atoms with E-state index in [1.807, 2.05) is 6.07 Å². The minimum atomic E-state index is -1.11. The van der Waals surface area contributed by atoms with Crippen LogP contribution in [0, 0.1) is 0 Å². The maximum Gasteiger partial charge on any atom is 0.336 e. The lowest BCUT2D eigenvalue weighted by molar-refractivity contribution is 0.0691. The standard InChI is InChI=1S/C14H13NO4/c16-13(15-8-7-10-4-3-9-19-10)11-5-1-2-6-12(11)14(17)18/h1-6,9H,7-8H2,(H,15,16)(H,17,18). The Balaban J connectivity index is 1.98. The van der Waals surface area contributed by atoms with Crippen LogP contribution in [0.15, 0.2) is 47.1 Å². The number of benzene rings is 1. The second kappa shape index (κ2) is 5.86. The first-order chi connectivity index (χ1) is 9.18. The lowest BCUT2D eigenvalue weighted by Crippen LogP contribution is -2.27. The Morgan fingerprint density at radius 2 is 1.84 bits per heavy atom. The Labute approximate surface area is 109 Å². The van der Waals surface area contributed by atoms with E-state index in [2.05, 4.69) is 5.32 Å². The summed E-state index contributed by atoms with van der Waals surface area (Å²) < 4.78 is 5.14. The molecule has 1 aromatic heterocycles. The molecule has 19 heavy (non-hydrogen) atoms. The molecular formula is C14H13NO4. The third-order valence-corrected chi connectivity index (χ3v) is 2.64. The van der Waals surface area contributed by atoms with E-state index in [0.717, 1.165) is 5.76 Å². The molecular weight excluding hydrogens is 246 g/mol. The Hall–Kier alpha value is -2.56. The number of carboxylic acids is 1. The van der Waals surface area contributed by atoms with Crippen LogP contribution in [-0.4, -0.2) is 23.5 Å². The highest BCUT2D eigenvalue weighted by Crippen LogP contribution is 2.08. The largest absolute Gasteiger partial charge is 0.478 e. The van der Waals surface area contributed by atoms with E-state index < -0.39 is 11.9 Å². The van der Waals surface area contributed by atoms with Crippen molar-refractivity contribution in [2.24, 2.45) is 0 Å². The van der Waals surface area contributed by atoms with Crippen molar-refractivity contribution in [3.8, 4) is 0 Å². The predicted molar refractivity (Wildman–Crippen MR) is 68.1 cm³/mol. The quantitative estimate of drug-likeness (QED) is 0.860. The van der Waals surface area contributed by atoms with Gasteiger partial charge in [-0.25, -0.2) is 4.79 Å². The van der Waals surface area contributed by atoms with Gasteiger partial charge in [0.15, 0.2) is 0 Å². The van der Waals surface area contributed by atoms with Crippen LogP contribution in [0.25, 0.3) is 0 Å². The summed E-state index contributed by atoms with van der Waals surface area (Å²) in [6.07, 6.45) is 2.13. The lowest BCUT2D eigenvalue weighted by Gasteiger charge is -2.06. The van der Waals surface area contributed by atoms with Crippen molar-refractivity contribution < 1.29 is 19.1 Å². The Morgan fingerprint density at radius 1 is 1.11 bits per heavy atom. The molecule has 0 saturated heterocycles. The normalized spacial score (nSPS) is 10.1. The zero-order valence-electron chi connectivity index (χ0n) is 10.1. The maximum atomic E-state index is 11.9. The number of hydrogen-bond acceptors (Lipinski definition) is 3. The first kappa shape index (κ1) is 12.9. The van der Waals surface area contributed by atoms with E-state index in [1.54, 1.807) is 24.5 Å². The van der Waals surface area contributed by atoms with Crippen molar-refractivity contribution in [3.05, 3.63) is 59.5 Å². The van der Waals surface area contributed by atoms with E-state index in [4.69, 9.17) is 9.52 Å². The van der Waals surface area contributed by atoms with Gasteiger partial charge in [0.2, 0.25) is 0 Å². The van der Waals surface area contributed by atoms with Gasteiger partial charge in [-0.05, 0) is 24.3 Å². The summed E-state index contributed by atoms with van der Waals surface area (Å²) in [4.78, 5) is 22.9. The van der Waals surface area contributed by atoms with Crippen molar-refractivity contribution in [2.75, 3.05) is 6.54 Å². The van der Waals surface area contributed by atoms with Crippen molar-refractivity contribution in [2.45, 2.75) is 6.42 Å².